The van der Waals surface area contributed by atoms with Gasteiger partial charge in [0.05, 0.1) is 11.4 Å². The number of fused-ring (bicyclic) bond motifs is 3. The Hall–Kier alpha value is -4.02. The molecule has 152 valence electrons. The van der Waals surface area contributed by atoms with Crippen LogP contribution in [0.25, 0.3) is 42.7 Å². The van der Waals surface area contributed by atoms with Crippen LogP contribution < -0.4 is 4.74 Å². The van der Waals surface area contributed by atoms with E-state index in [9.17, 15) is 0 Å². The summed E-state index contributed by atoms with van der Waals surface area (Å²) in [6.07, 6.45) is 0. The Bertz CT molecular complexity index is 1560. The summed E-state index contributed by atoms with van der Waals surface area (Å²) in [6.45, 7) is 0. The first-order valence-corrected chi connectivity index (χ1v) is 11.2. The van der Waals surface area contributed by atoms with E-state index in [1.165, 1.54) is 20.2 Å². The average molecular weight is 431 g/mol. The molecule has 0 aliphatic heterocycles. The van der Waals surface area contributed by atoms with Crippen molar-refractivity contribution in [1.82, 2.24) is 9.97 Å². The summed E-state index contributed by atoms with van der Waals surface area (Å²) in [5.74, 6) is 1.05. The van der Waals surface area contributed by atoms with Crippen LogP contribution in [0, 0.1) is 0 Å². The van der Waals surface area contributed by atoms with Crippen molar-refractivity contribution in [3.63, 3.8) is 0 Å². The Morgan fingerprint density at radius 3 is 1.94 bits per heavy atom. The molecule has 0 unspecified atom stereocenters. The minimum atomic E-state index is 0.524. The predicted molar refractivity (Wildman–Crippen MR) is 132 cm³/mol. The number of pyridine rings is 2. The van der Waals surface area contributed by atoms with Crippen molar-refractivity contribution in [2.24, 2.45) is 0 Å². The van der Waals surface area contributed by atoms with Gasteiger partial charge < -0.3 is 4.74 Å². The van der Waals surface area contributed by atoms with Gasteiger partial charge in [-0.05, 0) is 24.3 Å². The molecule has 0 saturated heterocycles. The van der Waals surface area contributed by atoms with Crippen molar-refractivity contribution in [2.45, 2.75) is 0 Å². The van der Waals surface area contributed by atoms with Gasteiger partial charge in [0.15, 0.2) is 0 Å². The van der Waals surface area contributed by atoms with Crippen molar-refractivity contribution in [2.75, 3.05) is 0 Å². The first-order valence-electron chi connectivity index (χ1n) is 10.4. The largest absolute Gasteiger partial charge is 0.421 e. The Morgan fingerprint density at radius 2 is 1.16 bits per heavy atom. The van der Waals surface area contributed by atoms with Gasteiger partial charge in [0, 0.05) is 43.4 Å². The normalized spacial score (nSPS) is 11.1. The number of aromatic nitrogens is 2. The Morgan fingerprint density at radius 1 is 0.500 bits per heavy atom. The first kappa shape index (κ1) is 18.7. The van der Waals surface area contributed by atoms with E-state index in [-0.39, 0.29) is 0 Å². The molecule has 3 aromatic heterocycles. The molecule has 3 aromatic carbocycles. The molecule has 0 aliphatic carbocycles. The van der Waals surface area contributed by atoms with Crippen LogP contribution >= 0.6 is 11.3 Å². The molecule has 6 aromatic rings. The van der Waals surface area contributed by atoms with E-state index in [1.54, 1.807) is 0 Å². The second-order valence-corrected chi connectivity index (χ2v) is 8.58. The zero-order chi connectivity index (χ0) is 21.3. The maximum absolute atomic E-state index is 6.02. The molecule has 0 spiro atoms. The van der Waals surface area contributed by atoms with Crippen molar-refractivity contribution >= 4 is 31.5 Å². The predicted octanol–water partition coefficient (Wildman–Crippen LogP) is 7.97. The van der Waals surface area contributed by atoms with E-state index in [2.05, 4.69) is 47.4 Å². The van der Waals surface area contributed by atoms with Crippen LogP contribution in [0.2, 0.25) is 0 Å². The fourth-order valence-electron chi connectivity index (χ4n) is 3.87. The molecule has 0 N–H and O–H groups in total. The van der Waals surface area contributed by atoms with E-state index < -0.39 is 0 Å². The van der Waals surface area contributed by atoms with Crippen molar-refractivity contribution in [3.05, 3.63) is 109 Å². The third kappa shape index (κ3) is 3.51. The summed E-state index contributed by atoms with van der Waals surface area (Å²) in [5, 5.41) is 2.58. The highest BCUT2D eigenvalue weighted by Gasteiger charge is 2.09. The second-order valence-electron chi connectivity index (χ2n) is 7.50. The summed E-state index contributed by atoms with van der Waals surface area (Å²) < 4.78 is 8.58. The SMILES string of the molecule is c1ccc(-c2cccc(Oc3cccc(-c4ccc5c(c4)sc4ccccc45)n3)n2)cc1. The lowest BCUT2D eigenvalue weighted by Crippen LogP contribution is -1.93. The number of nitrogens with zero attached hydrogens (tertiary/aromatic N) is 2. The summed E-state index contributed by atoms with van der Waals surface area (Å²) >= 11 is 1.81. The number of rotatable bonds is 4. The Kier molecular flexibility index (Phi) is 4.63. The second kappa shape index (κ2) is 7.91. The molecule has 32 heavy (non-hydrogen) atoms. The van der Waals surface area contributed by atoms with Crippen LogP contribution in [0.5, 0.6) is 11.8 Å². The fourth-order valence-corrected chi connectivity index (χ4v) is 5.01. The summed E-state index contributed by atoms with van der Waals surface area (Å²) in [7, 11) is 0. The fraction of sp³-hybridized carbons (Fsp3) is 0. The topological polar surface area (TPSA) is 35.0 Å². The van der Waals surface area contributed by atoms with Gasteiger partial charge in [0.2, 0.25) is 11.8 Å². The molecular formula is C28H18N2OS. The zero-order valence-corrected chi connectivity index (χ0v) is 17.9. The van der Waals surface area contributed by atoms with Gasteiger partial charge in [-0.3, -0.25) is 0 Å². The molecule has 0 atom stereocenters. The van der Waals surface area contributed by atoms with E-state index >= 15 is 0 Å². The lowest BCUT2D eigenvalue weighted by Gasteiger charge is -2.08. The summed E-state index contributed by atoms with van der Waals surface area (Å²) in [6, 6.07) is 36.7. The molecule has 0 saturated carbocycles. The number of hydrogen-bond donors (Lipinski definition) is 0. The van der Waals surface area contributed by atoms with Gasteiger partial charge in [-0.2, -0.15) is 0 Å². The smallest absolute Gasteiger partial charge is 0.221 e. The highest BCUT2D eigenvalue weighted by atomic mass is 32.1. The van der Waals surface area contributed by atoms with Gasteiger partial charge >= 0.3 is 0 Å². The van der Waals surface area contributed by atoms with E-state index in [0.29, 0.717) is 11.8 Å². The number of thiophene rings is 1. The van der Waals surface area contributed by atoms with Gasteiger partial charge in [-0.15, -0.1) is 11.3 Å². The molecule has 0 amide bonds. The maximum atomic E-state index is 6.02. The van der Waals surface area contributed by atoms with E-state index in [1.807, 2.05) is 78.1 Å². The van der Waals surface area contributed by atoms with Gasteiger partial charge in [-0.25, -0.2) is 9.97 Å². The lowest BCUT2D eigenvalue weighted by atomic mass is 10.1. The maximum Gasteiger partial charge on any atom is 0.221 e. The molecule has 4 heteroatoms. The van der Waals surface area contributed by atoms with Crippen LogP contribution in [0.3, 0.4) is 0 Å². The quantitative estimate of drug-likeness (QED) is 0.284. The molecule has 0 aliphatic rings. The van der Waals surface area contributed by atoms with E-state index in [4.69, 9.17) is 9.72 Å². The van der Waals surface area contributed by atoms with Crippen LogP contribution in [-0.4, -0.2) is 9.97 Å². The third-order valence-corrected chi connectivity index (χ3v) is 6.53. The van der Waals surface area contributed by atoms with Crippen molar-refractivity contribution in [1.29, 1.82) is 0 Å². The van der Waals surface area contributed by atoms with Crippen LogP contribution in [0.1, 0.15) is 0 Å². The summed E-state index contributed by atoms with van der Waals surface area (Å²) in [5.41, 5.74) is 3.87. The Labute approximate surface area is 189 Å². The van der Waals surface area contributed by atoms with Gasteiger partial charge in [0.1, 0.15) is 0 Å². The van der Waals surface area contributed by atoms with E-state index in [0.717, 1.165) is 22.5 Å². The van der Waals surface area contributed by atoms with Crippen LogP contribution in [0.15, 0.2) is 109 Å². The molecule has 3 nitrogen and oxygen atoms in total. The number of ether oxygens (including phenoxy) is 1. The number of benzene rings is 3. The summed E-state index contributed by atoms with van der Waals surface area (Å²) in [4.78, 5) is 9.39. The molecular weight excluding hydrogens is 412 g/mol. The molecule has 6 rings (SSSR count). The van der Waals surface area contributed by atoms with Gasteiger partial charge in [-0.1, -0.05) is 72.8 Å². The number of hydrogen-bond acceptors (Lipinski definition) is 4. The molecule has 0 fully saturated rings. The Balaban J connectivity index is 1.32. The molecule has 3 heterocycles. The lowest BCUT2D eigenvalue weighted by molar-refractivity contribution is 0.446. The molecule has 0 bridgehead atoms. The minimum absolute atomic E-state index is 0.524. The minimum Gasteiger partial charge on any atom is -0.421 e. The van der Waals surface area contributed by atoms with Crippen molar-refractivity contribution < 1.29 is 4.74 Å². The average Bonchev–Trinajstić information content (AvgIpc) is 3.23. The zero-order valence-electron chi connectivity index (χ0n) is 17.1. The third-order valence-electron chi connectivity index (χ3n) is 5.40. The van der Waals surface area contributed by atoms with Crippen LogP contribution in [0.4, 0.5) is 0 Å². The van der Waals surface area contributed by atoms with Gasteiger partial charge in [0.25, 0.3) is 0 Å². The van der Waals surface area contributed by atoms with Crippen LogP contribution in [-0.2, 0) is 0 Å². The highest BCUT2D eigenvalue weighted by molar-refractivity contribution is 7.25. The first-order chi connectivity index (χ1) is 15.8. The monoisotopic (exact) mass is 430 g/mol. The molecule has 0 radical (unpaired) electrons. The standard InChI is InChI=1S/C28H18N2OS/c1-2-8-19(9-3-1)23-11-6-14-27(29-23)31-28-15-7-12-24(30-28)20-16-17-22-21-10-4-5-13-25(21)32-26(22)18-20/h1-18H. The van der Waals surface area contributed by atoms with Crippen molar-refractivity contribution in [3.8, 4) is 34.3 Å². The highest BCUT2D eigenvalue weighted by Crippen LogP contribution is 2.36.